The average molecular weight is 358 g/mol. The molecule has 26 heavy (non-hydrogen) atoms. The molecule has 2 heterocycles. The van der Waals surface area contributed by atoms with Crippen LogP contribution in [-0.2, 0) is 0 Å². The lowest BCUT2D eigenvalue weighted by molar-refractivity contribution is 0.0563. The van der Waals surface area contributed by atoms with E-state index in [4.69, 9.17) is 9.15 Å². The first-order valence-electron chi connectivity index (χ1n) is 9.08. The molecule has 0 unspecified atom stereocenters. The first-order chi connectivity index (χ1) is 12.6. The third kappa shape index (κ3) is 5.34. The quantitative estimate of drug-likeness (QED) is 0.796. The first kappa shape index (κ1) is 18.5. The maximum atomic E-state index is 11.9. The normalized spacial score (nSPS) is 17.0. The Morgan fingerprint density at radius 3 is 2.69 bits per heavy atom. The van der Waals surface area contributed by atoms with E-state index in [1.165, 1.54) is 19.1 Å². The molecule has 6 heteroatoms. The first-order valence-corrected chi connectivity index (χ1v) is 9.08. The number of amides is 1. The number of furan rings is 1. The Kier molecular flexibility index (Phi) is 6.30. The molecule has 0 radical (unpaired) electrons. The SMILES string of the molecule is CC1CCN(C[C@H](O)COc2ccc(NC(=O)c3ccco3)cc2)CC1. The van der Waals surface area contributed by atoms with E-state index in [0.717, 1.165) is 19.0 Å². The van der Waals surface area contributed by atoms with E-state index in [1.807, 2.05) is 0 Å². The Labute approximate surface area is 153 Å². The van der Waals surface area contributed by atoms with Crippen molar-refractivity contribution in [3.63, 3.8) is 0 Å². The van der Waals surface area contributed by atoms with Crippen molar-refractivity contribution in [2.24, 2.45) is 5.92 Å². The van der Waals surface area contributed by atoms with Gasteiger partial charge in [0.2, 0.25) is 0 Å². The number of aliphatic hydroxyl groups is 1. The summed E-state index contributed by atoms with van der Waals surface area (Å²) in [5, 5.41) is 12.9. The number of piperidine rings is 1. The number of nitrogens with one attached hydrogen (secondary N) is 1. The molecule has 1 aliphatic heterocycles. The summed E-state index contributed by atoms with van der Waals surface area (Å²) in [6, 6.07) is 10.3. The van der Waals surface area contributed by atoms with Crippen molar-refractivity contribution in [1.82, 2.24) is 4.90 Å². The lowest BCUT2D eigenvalue weighted by atomic mass is 9.99. The van der Waals surface area contributed by atoms with Crippen LogP contribution in [0, 0.1) is 5.92 Å². The van der Waals surface area contributed by atoms with Crippen LogP contribution in [0.4, 0.5) is 5.69 Å². The van der Waals surface area contributed by atoms with Crippen LogP contribution in [0.2, 0.25) is 0 Å². The van der Waals surface area contributed by atoms with Gasteiger partial charge in [0.1, 0.15) is 18.5 Å². The van der Waals surface area contributed by atoms with Crippen LogP contribution in [0.1, 0.15) is 30.3 Å². The van der Waals surface area contributed by atoms with E-state index >= 15 is 0 Å². The molecule has 1 atom stereocenters. The van der Waals surface area contributed by atoms with Gasteiger partial charge < -0.3 is 24.5 Å². The fraction of sp³-hybridized carbons (Fsp3) is 0.450. The van der Waals surface area contributed by atoms with Crippen molar-refractivity contribution in [2.45, 2.75) is 25.9 Å². The molecular formula is C20H26N2O4. The van der Waals surface area contributed by atoms with Crippen molar-refractivity contribution >= 4 is 11.6 Å². The highest BCUT2D eigenvalue weighted by Crippen LogP contribution is 2.18. The zero-order chi connectivity index (χ0) is 18.4. The summed E-state index contributed by atoms with van der Waals surface area (Å²) in [5.74, 6) is 1.41. The van der Waals surface area contributed by atoms with Crippen LogP contribution in [0.3, 0.4) is 0 Å². The van der Waals surface area contributed by atoms with E-state index in [-0.39, 0.29) is 18.3 Å². The van der Waals surface area contributed by atoms with Gasteiger partial charge >= 0.3 is 0 Å². The Morgan fingerprint density at radius 1 is 1.31 bits per heavy atom. The Morgan fingerprint density at radius 2 is 2.04 bits per heavy atom. The second-order valence-corrected chi connectivity index (χ2v) is 6.90. The van der Waals surface area contributed by atoms with E-state index in [1.54, 1.807) is 36.4 Å². The van der Waals surface area contributed by atoms with Crippen molar-refractivity contribution in [3.8, 4) is 5.75 Å². The molecule has 1 aliphatic rings. The van der Waals surface area contributed by atoms with Crippen LogP contribution in [0.15, 0.2) is 47.1 Å². The second-order valence-electron chi connectivity index (χ2n) is 6.90. The van der Waals surface area contributed by atoms with Gasteiger partial charge in [0.25, 0.3) is 5.91 Å². The molecule has 3 rings (SSSR count). The standard InChI is InChI=1S/C20H26N2O4/c1-15-8-10-22(11-9-15)13-17(23)14-26-18-6-4-16(5-7-18)21-20(24)19-3-2-12-25-19/h2-7,12,15,17,23H,8-11,13-14H2,1H3,(H,21,24)/t17-/m0/s1. The average Bonchev–Trinajstić information content (AvgIpc) is 3.18. The number of ether oxygens (including phenoxy) is 1. The van der Waals surface area contributed by atoms with Crippen LogP contribution in [0.25, 0.3) is 0 Å². The minimum atomic E-state index is -0.512. The van der Waals surface area contributed by atoms with Gasteiger partial charge in [-0.05, 0) is 68.2 Å². The van der Waals surface area contributed by atoms with Crippen LogP contribution >= 0.6 is 0 Å². The molecule has 1 aromatic heterocycles. The molecule has 1 fully saturated rings. The molecule has 2 aromatic rings. The largest absolute Gasteiger partial charge is 0.491 e. The van der Waals surface area contributed by atoms with Gasteiger partial charge in [0, 0.05) is 12.2 Å². The van der Waals surface area contributed by atoms with Gasteiger partial charge in [-0.15, -0.1) is 0 Å². The molecule has 1 aromatic carbocycles. The van der Waals surface area contributed by atoms with E-state index in [2.05, 4.69) is 17.1 Å². The highest BCUT2D eigenvalue weighted by Gasteiger charge is 2.18. The molecule has 0 aliphatic carbocycles. The number of hydrogen-bond donors (Lipinski definition) is 2. The summed E-state index contributed by atoms with van der Waals surface area (Å²) in [7, 11) is 0. The molecule has 1 saturated heterocycles. The highest BCUT2D eigenvalue weighted by molar-refractivity contribution is 6.02. The molecule has 0 bridgehead atoms. The number of rotatable bonds is 7. The molecular weight excluding hydrogens is 332 g/mol. The molecule has 2 N–H and O–H groups in total. The number of β-amino-alcohol motifs (C(OH)–C–C–N with tert-alkyl or cyclic N) is 1. The van der Waals surface area contributed by atoms with Crippen LogP contribution < -0.4 is 10.1 Å². The van der Waals surface area contributed by atoms with Gasteiger partial charge in [-0.1, -0.05) is 6.92 Å². The zero-order valence-electron chi connectivity index (χ0n) is 15.1. The summed E-state index contributed by atoms with van der Waals surface area (Å²) in [6.07, 6.45) is 3.33. The smallest absolute Gasteiger partial charge is 0.291 e. The number of hydrogen-bond acceptors (Lipinski definition) is 5. The van der Waals surface area contributed by atoms with Gasteiger partial charge in [-0.2, -0.15) is 0 Å². The summed E-state index contributed by atoms with van der Waals surface area (Å²) >= 11 is 0. The van der Waals surface area contributed by atoms with E-state index < -0.39 is 6.10 Å². The summed E-state index contributed by atoms with van der Waals surface area (Å²) in [4.78, 5) is 14.2. The van der Waals surface area contributed by atoms with Crippen LogP contribution in [0.5, 0.6) is 5.75 Å². The van der Waals surface area contributed by atoms with Gasteiger partial charge in [-0.25, -0.2) is 0 Å². The fourth-order valence-corrected chi connectivity index (χ4v) is 3.02. The third-order valence-corrected chi connectivity index (χ3v) is 4.64. The number of nitrogens with zero attached hydrogens (tertiary/aromatic N) is 1. The minimum absolute atomic E-state index is 0.254. The summed E-state index contributed by atoms with van der Waals surface area (Å²) < 4.78 is 10.7. The molecule has 0 spiro atoms. The number of carbonyl (C=O) groups is 1. The zero-order valence-corrected chi connectivity index (χ0v) is 15.1. The molecule has 1 amide bonds. The Balaban J connectivity index is 1.41. The van der Waals surface area contributed by atoms with Crippen molar-refractivity contribution in [3.05, 3.63) is 48.4 Å². The third-order valence-electron chi connectivity index (χ3n) is 4.64. The Hall–Kier alpha value is -2.31. The monoisotopic (exact) mass is 358 g/mol. The topological polar surface area (TPSA) is 74.9 Å². The number of carbonyl (C=O) groups excluding carboxylic acids is 1. The van der Waals surface area contributed by atoms with Crippen molar-refractivity contribution in [2.75, 3.05) is 31.6 Å². The molecule has 6 nitrogen and oxygen atoms in total. The van der Waals surface area contributed by atoms with E-state index in [9.17, 15) is 9.90 Å². The predicted octanol–water partition coefficient (Wildman–Crippen LogP) is 3.00. The van der Waals surface area contributed by atoms with Crippen molar-refractivity contribution < 1.29 is 19.1 Å². The van der Waals surface area contributed by atoms with Gasteiger partial charge in [0.05, 0.1) is 6.26 Å². The number of aliphatic hydroxyl groups excluding tert-OH is 1. The van der Waals surface area contributed by atoms with E-state index in [0.29, 0.717) is 18.0 Å². The number of likely N-dealkylation sites (tertiary alicyclic amines) is 1. The maximum absolute atomic E-state index is 11.9. The lowest BCUT2D eigenvalue weighted by Gasteiger charge is -2.31. The van der Waals surface area contributed by atoms with Crippen LogP contribution in [-0.4, -0.2) is 48.3 Å². The number of benzene rings is 1. The second kappa shape index (κ2) is 8.87. The molecule has 0 saturated carbocycles. The highest BCUT2D eigenvalue weighted by atomic mass is 16.5. The van der Waals surface area contributed by atoms with Gasteiger partial charge in [0.15, 0.2) is 5.76 Å². The fourth-order valence-electron chi connectivity index (χ4n) is 3.02. The predicted molar refractivity (Wildman–Crippen MR) is 99.4 cm³/mol. The summed E-state index contributed by atoms with van der Waals surface area (Å²) in [6.45, 7) is 5.26. The number of anilines is 1. The van der Waals surface area contributed by atoms with Crippen molar-refractivity contribution in [1.29, 1.82) is 0 Å². The summed E-state index contributed by atoms with van der Waals surface area (Å²) in [5.41, 5.74) is 0.654. The Bertz CT molecular complexity index is 676. The lowest BCUT2D eigenvalue weighted by Crippen LogP contribution is -2.40. The molecule has 140 valence electrons. The maximum Gasteiger partial charge on any atom is 0.291 e. The minimum Gasteiger partial charge on any atom is -0.491 e. The van der Waals surface area contributed by atoms with Gasteiger partial charge in [-0.3, -0.25) is 4.79 Å².